The number of hydrogen-bond donors (Lipinski definition) is 2. The van der Waals surface area contributed by atoms with E-state index in [9.17, 15) is 5.11 Å². The Morgan fingerprint density at radius 2 is 2.18 bits per heavy atom. The number of thiophene rings is 1. The number of benzene rings is 1. The Morgan fingerprint density at radius 3 is 3.09 bits per heavy atom. The molecule has 1 aliphatic heterocycles. The third-order valence-electron chi connectivity index (χ3n) is 3.56. The molecule has 1 aromatic carbocycles. The molecule has 1 atom stereocenters. The van der Waals surface area contributed by atoms with Crippen molar-refractivity contribution in [3.63, 3.8) is 0 Å². The van der Waals surface area contributed by atoms with Crippen LogP contribution in [0.4, 0.5) is 0 Å². The van der Waals surface area contributed by atoms with Crippen LogP contribution in [0.3, 0.4) is 0 Å². The maximum absolute atomic E-state index is 10.2. The van der Waals surface area contributed by atoms with E-state index in [1.807, 2.05) is 54.8 Å². The fraction of sp³-hybridized carbons (Fsp3) is 0.0588. The highest BCUT2D eigenvalue weighted by Gasteiger charge is 2.15. The zero-order valence-electron chi connectivity index (χ0n) is 11.6. The molecule has 0 amide bonds. The molecule has 0 saturated heterocycles. The minimum Gasteiger partial charge on any atom is -0.506 e. The molecular formula is C17H13N3OS. The van der Waals surface area contributed by atoms with Crippen LogP contribution in [-0.4, -0.2) is 23.3 Å². The zero-order chi connectivity index (χ0) is 14.9. The Morgan fingerprint density at radius 1 is 1.27 bits per heavy atom. The summed E-state index contributed by atoms with van der Waals surface area (Å²) in [4.78, 5) is 9.62. The molecule has 0 saturated carbocycles. The monoisotopic (exact) mass is 307 g/mol. The molecule has 0 bridgehead atoms. The third kappa shape index (κ3) is 2.25. The van der Waals surface area contributed by atoms with Crippen molar-refractivity contribution in [1.29, 1.82) is 0 Å². The van der Waals surface area contributed by atoms with Gasteiger partial charge in [-0.25, -0.2) is 9.98 Å². The Bertz CT molecular complexity index is 886. The Balaban J connectivity index is 1.61. The molecule has 1 unspecified atom stereocenters. The molecule has 0 fully saturated rings. The van der Waals surface area contributed by atoms with Crippen LogP contribution in [0.5, 0.6) is 5.75 Å². The van der Waals surface area contributed by atoms with Gasteiger partial charge in [0.25, 0.3) is 0 Å². The normalized spacial score (nSPS) is 19.9. The molecule has 0 spiro atoms. The highest BCUT2D eigenvalue weighted by molar-refractivity contribution is 7.21. The van der Waals surface area contributed by atoms with Crippen molar-refractivity contribution in [2.75, 3.05) is 0 Å². The van der Waals surface area contributed by atoms with Crippen molar-refractivity contribution in [3.8, 4) is 5.75 Å². The van der Waals surface area contributed by atoms with E-state index in [-0.39, 0.29) is 11.8 Å². The maximum atomic E-state index is 10.2. The lowest BCUT2D eigenvalue weighted by Crippen LogP contribution is -2.25. The van der Waals surface area contributed by atoms with Gasteiger partial charge in [0, 0.05) is 16.3 Å². The van der Waals surface area contributed by atoms with E-state index in [0.29, 0.717) is 5.96 Å². The molecule has 0 radical (unpaired) electrons. The fourth-order valence-electron chi connectivity index (χ4n) is 2.44. The van der Waals surface area contributed by atoms with E-state index in [2.05, 4.69) is 15.3 Å². The van der Waals surface area contributed by atoms with Gasteiger partial charge in [-0.2, -0.15) is 0 Å². The first-order valence-corrected chi connectivity index (χ1v) is 7.77. The number of fused-ring (bicyclic) bond motifs is 2. The Labute approximate surface area is 131 Å². The van der Waals surface area contributed by atoms with Gasteiger partial charge in [0.05, 0.1) is 17.1 Å². The summed E-state index contributed by atoms with van der Waals surface area (Å²) in [5, 5.41) is 14.2. The first-order valence-electron chi connectivity index (χ1n) is 6.95. The van der Waals surface area contributed by atoms with Gasteiger partial charge in [-0.15, -0.1) is 11.3 Å². The first-order chi connectivity index (χ1) is 10.8. The molecule has 1 aromatic heterocycles. The quantitative estimate of drug-likeness (QED) is 0.794. The van der Waals surface area contributed by atoms with Crippen molar-refractivity contribution < 1.29 is 5.11 Å². The third-order valence-corrected chi connectivity index (χ3v) is 4.66. The fourth-order valence-corrected chi connectivity index (χ4v) is 3.41. The standard InChI is InChI=1S/C17H13N3OS/c21-16-12-6-2-4-8-14(12)22-15(16)10-19-17-18-9-11-5-1-3-7-13(11)20-17/h1-10,13,21H,(H,18,20). The molecular weight excluding hydrogens is 294 g/mol. The largest absolute Gasteiger partial charge is 0.506 e. The molecule has 5 heteroatoms. The summed E-state index contributed by atoms with van der Waals surface area (Å²) < 4.78 is 1.04. The summed E-state index contributed by atoms with van der Waals surface area (Å²) in [6.07, 6.45) is 11.6. The van der Waals surface area contributed by atoms with Crippen LogP contribution in [-0.2, 0) is 0 Å². The summed E-state index contributed by atoms with van der Waals surface area (Å²) in [5.41, 5.74) is 1.12. The van der Waals surface area contributed by atoms with E-state index in [1.165, 1.54) is 11.3 Å². The highest BCUT2D eigenvalue weighted by atomic mass is 32.1. The van der Waals surface area contributed by atoms with Gasteiger partial charge in [0.15, 0.2) is 0 Å². The zero-order valence-corrected chi connectivity index (χ0v) is 12.4. The van der Waals surface area contributed by atoms with Gasteiger partial charge in [-0.1, -0.05) is 36.4 Å². The highest BCUT2D eigenvalue weighted by Crippen LogP contribution is 2.35. The van der Waals surface area contributed by atoms with E-state index >= 15 is 0 Å². The van der Waals surface area contributed by atoms with Crippen molar-refractivity contribution >= 4 is 33.6 Å². The van der Waals surface area contributed by atoms with Crippen LogP contribution in [0.1, 0.15) is 4.88 Å². The van der Waals surface area contributed by atoms with Gasteiger partial charge in [0.1, 0.15) is 5.75 Å². The molecule has 2 aromatic rings. The summed E-state index contributed by atoms with van der Waals surface area (Å²) >= 11 is 1.51. The first kappa shape index (κ1) is 13.0. The number of rotatable bonds is 1. The molecule has 108 valence electrons. The molecule has 22 heavy (non-hydrogen) atoms. The number of aliphatic imine (C=N–C) groups is 2. The van der Waals surface area contributed by atoms with Crippen molar-refractivity contribution in [3.05, 3.63) is 65.2 Å². The number of nitrogens with one attached hydrogen (secondary N) is 1. The number of allylic oxidation sites excluding steroid dienone is 2. The van der Waals surface area contributed by atoms with E-state index in [1.54, 1.807) is 6.21 Å². The second-order valence-electron chi connectivity index (χ2n) is 5.00. The van der Waals surface area contributed by atoms with Gasteiger partial charge in [-0.3, -0.25) is 0 Å². The number of aromatic hydroxyl groups is 1. The summed E-state index contributed by atoms with van der Waals surface area (Å²) in [7, 11) is 0. The Kier molecular flexibility index (Phi) is 3.12. The van der Waals surface area contributed by atoms with Gasteiger partial charge in [0.2, 0.25) is 5.96 Å². The molecule has 1 aliphatic carbocycles. The second kappa shape index (κ2) is 5.27. The average molecular weight is 307 g/mol. The van der Waals surface area contributed by atoms with Crippen molar-refractivity contribution in [2.24, 2.45) is 9.98 Å². The van der Waals surface area contributed by atoms with E-state index < -0.39 is 0 Å². The minimum absolute atomic E-state index is 0.0226. The average Bonchev–Trinajstić information content (AvgIpc) is 2.89. The maximum Gasteiger partial charge on any atom is 0.222 e. The topological polar surface area (TPSA) is 57.0 Å². The van der Waals surface area contributed by atoms with Crippen molar-refractivity contribution in [1.82, 2.24) is 5.32 Å². The molecule has 4 nitrogen and oxygen atoms in total. The predicted octanol–water partition coefficient (Wildman–Crippen LogP) is 3.36. The van der Waals surface area contributed by atoms with Crippen LogP contribution < -0.4 is 5.32 Å². The lowest BCUT2D eigenvalue weighted by atomic mass is 10.0. The SMILES string of the molecule is Oc1c(C=NC2=NC3C=CC=CC3=CN2)sc2ccccc12. The van der Waals surface area contributed by atoms with Gasteiger partial charge in [-0.05, 0) is 17.7 Å². The van der Waals surface area contributed by atoms with Crippen molar-refractivity contribution in [2.45, 2.75) is 6.04 Å². The number of nitrogens with zero attached hydrogens (tertiary/aromatic N) is 2. The number of guanidine groups is 1. The van der Waals surface area contributed by atoms with E-state index in [4.69, 9.17) is 0 Å². The van der Waals surface area contributed by atoms with Gasteiger partial charge >= 0.3 is 0 Å². The molecule has 4 rings (SSSR count). The van der Waals surface area contributed by atoms with Crippen LogP contribution in [0.25, 0.3) is 10.1 Å². The van der Waals surface area contributed by atoms with Crippen LogP contribution in [0, 0.1) is 0 Å². The predicted molar refractivity (Wildman–Crippen MR) is 91.8 cm³/mol. The van der Waals surface area contributed by atoms with Crippen LogP contribution in [0.15, 0.2) is 70.3 Å². The molecule has 2 N–H and O–H groups in total. The van der Waals surface area contributed by atoms with E-state index in [0.717, 1.165) is 20.5 Å². The second-order valence-corrected chi connectivity index (χ2v) is 6.08. The summed E-state index contributed by atoms with van der Waals surface area (Å²) in [6, 6.07) is 7.79. The summed E-state index contributed by atoms with van der Waals surface area (Å²) in [5.74, 6) is 0.822. The molecule has 2 aliphatic rings. The molecule has 2 heterocycles. The number of hydrogen-bond acceptors (Lipinski definition) is 5. The van der Waals surface area contributed by atoms with Crippen LogP contribution in [0.2, 0.25) is 0 Å². The van der Waals surface area contributed by atoms with Gasteiger partial charge < -0.3 is 10.4 Å². The van der Waals surface area contributed by atoms with Crippen LogP contribution >= 0.6 is 11.3 Å². The lowest BCUT2D eigenvalue weighted by molar-refractivity contribution is 0.483. The Hall–Kier alpha value is -2.66. The lowest BCUT2D eigenvalue weighted by Gasteiger charge is -2.18. The summed E-state index contributed by atoms with van der Waals surface area (Å²) in [6.45, 7) is 0. The minimum atomic E-state index is 0.0226. The smallest absolute Gasteiger partial charge is 0.222 e.